The van der Waals surface area contributed by atoms with Crippen LogP contribution in [-0.4, -0.2) is 51.8 Å². The molecule has 1 atom stereocenters. The normalized spacial score (nSPS) is 12.9. The number of carboxylic acid groups (broad SMARTS) is 1. The van der Waals surface area contributed by atoms with Gasteiger partial charge in [0, 0.05) is 37.8 Å². The molecule has 9 nitrogen and oxygen atoms in total. The number of ether oxygens (including phenoxy) is 1. The molecule has 0 bridgehead atoms. The number of carbonyl (C=O) groups is 3. The van der Waals surface area contributed by atoms with Gasteiger partial charge in [0.1, 0.15) is 12.6 Å². The minimum Gasteiger partial charge on any atom is -0.481 e. The molecule has 0 spiro atoms. The van der Waals surface area contributed by atoms with Crippen molar-refractivity contribution >= 4 is 18.0 Å². The van der Waals surface area contributed by atoms with Crippen LogP contribution in [0.15, 0.2) is 67.3 Å². The number of alkyl carbamates (subject to hydrolysis) is 1. The van der Waals surface area contributed by atoms with Gasteiger partial charge < -0.3 is 25.0 Å². The first-order chi connectivity index (χ1) is 16.5. The Morgan fingerprint density at radius 1 is 1.06 bits per heavy atom. The fourth-order valence-corrected chi connectivity index (χ4v) is 4.17. The van der Waals surface area contributed by atoms with Crippen LogP contribution >= 0.6 is 0 Å². The number of benzene rings is 2. The molecule has 2 amide bonds. The third-order valence-corrected chi connectivity index (χ3v) is 5.83. The summed E-state index contributed by atoms with van der Waals surface area (Å²) in [6.45, 7) is 0.918. The van der Waals surface area contributed by atoms with Gasteiger partial charge in [0.25, 0.3) is 0 Å². The summed E-state index contributed by atoms with van der Waals surface area (Å²) in [6, 6.07) is 15.0. The summed E-state index contributed by atoms with van der Waals surface area (Å²) in [5.41, 5.74) is 4.39. The summed E-state index contributed by atoms with van der Waals surface area (Å²) in [6.07, 6.45) is 3.96. The molecule has 0 saturated heterocycles. The quantitative estimate of drug-likeness (QED) is 0.426. The Bertz CT molecular complexity index is 1120. The van der Waals surface area contributed by atoms with Crippen molar-refractivity contribution in [3.05, 3.63) is 78.4 Å². The minimum absolute atomic E-state index is 0.0452. The predicted molar refractivity (Wildman–Crippen MR) is 124 cm³/mol. The third kappa shape index (κ3) is 5.43. The van der Waals surface area contributed by atoms with E-state index in [2.05, 4.69) is 15.6 Å². The SMILES string of the molecule is O=C(O)CCC(NC(=O)OCC1c2ccccc2-c2ccccc21)C(=O)NCCn1ccnc1. The maximum atomic E-state index is 12.6. The van der Waals surface area contributed by atoms with Gasteiger partial charge in [-0.15, -0.1) is 0 Å². The van der Waals surface area contributed by atoms with Crippen LogP contribution in [0, 0.1) is 0 Å². The molecule has 0 radical (unpaired) electrons. The van der Waals surface area contributed by atoms with Gasteiger partial charge in [-0.05, 0) is 28.7 Å². The lowest BCUT2D eigenvalue weighted by atomic mass is 9.98. The van der Waals surface area contributed by atoms with Gasteiger partial charge in [0.2, 0.25) is 5.91 Å². The zero-order chi connectivity index (χ0) is 23.9. The molecule has 176 valence electrons. The second kappa shape index (κ2) is 10.7. The molecule has 0 saturated carbocycles. The van der Waals surface area contributed by atoms with E-state index in [4.69, 9.17) is 9.84 Å². The summed E-state index contributed by atoms with van der Waals surface area (Å²) in [5, 5.41) is 14.3. The lowest BCUT2D eigenvalue weighted by Gasteiger charge is -2.19. The summed E-state index contributed by atoms with van der Waals surface area (Å²) in [7, 11) is 0. The van der Waals surface area contributed by atoms with E-state index in [0.29, 0.717) is 13.1 Å². The van der Waals surface area contributed by atoms with E-state index in [0.717, 1.165) is 22.3 Å². The molecule has 1 aromatic heterocycles. The molecule has 4 rings (SSSR count). The number of rotatable bonds is 10. The van der Waals surface area contributed by atoms with Crippen molar-refractivity contribution in [2.75, 3.05) is 13.2 Å². The van der Waals surface area contributed by atoms with Gasteiger partial charge in [0.05, 0.1) is 6.33 Å². The van der Waals surface area contributed by atoms with Gasteiger partial charge in [-0.1, -0.05) is 48.5 Å². The average molecular weight is 463 g/mol. The third-order valence-electron chi connectivity index (χ3n) is 5.83. The molecule has 1 unspecified atom stereocenters. The maximum absolute atomic E-state index is 12.6. The number of nitrogens with one attached hydrogen (secondary N) is 2. The number of aliphatic carboxylic acids is 1. The van der Waals surface area contributed by atoms with Crippen LogP contribution in [0.25, 0.3) is 11.1 Å². The summed E-state index contributed by atoms with van der Waals surface area (Å²) < 4.78 is 7.30. The Balaban J connectivity index is 1.36. The van der Waals surface area contributed by atoms with Crippen LogP contribution in [0.2, 0.25) is 0 Å². The van der Waals surface area contributed by atoms with Gasteiger partial charge in [0.15, 0.2) is 0 Å². The fraction of sp³-hybridized carbons (Fsp3) is 0.280. The second-order valence-corrected chi connectivity index (χ2v) is 8.05. The summed E-state index contributed by atoms with van der Waals surface area (Å²) >= 11 is 0. The molecule has 1 aliphatic carbocycles. The van der Waals surface area contributed by atoms with Crippen molar-refractivity contribution in [3.8, 4) is 11.1 Å². The largest absolute Gasteiger partial charge is 0.481 e. The molecular weight excluding hydrogens is 436 g/mol. The molecular formula is C25H26N4O5. The van der Waals surface area contributed by atoms with Crippen molar-refractivity contribution in [2.24, 2.45) is 0 Å². The molecule has 0 aliphatic heterocycles. The van der Waals surface area contributed by atoms with E-state index >= 15 is 0 Å². The molecule has 0 fully saturated rings. The second-order valence-electron chi connectivity index (χ2n) is 8.05. The number of aromatic nitrogens is 2. The van der Waals surface area contributed by atoms with Crippen LogP contribution in [0.4, 0.5) is 4.79 Å². The Hall–Kier alpha value is -4.14. The van der Waals surface area contributed by atoms with Crippen LogP contribution in [0.5, 0.6) is 0 Å². The van der Waals surface area contributed by atoms with Crippen molar-refractivity contribution < 1.29 is 24.2 Å². The summed E-state index contributed by atoms with van der Waals surface area (Å²) in [5.74, 6) is -1.62. The topological polar surface area (TPSA) is 123 Å². The number of hydrogen-bond donors (Lipinski definition) is 3. The van der Waals surface area contributed by atoms with E-state index < -0.39 is 24.0 Å². The van der Waals surface area contributed by atoms with Gasteiger partial charge >= 0.3 is 12.1 Å². The molecule has 1 aliphatic rings. The molecule has 1 heterocycles. The van der Waals surface area contributed by atoms with Crippen molar-refractivity contribution in [1.82, 2.24) is 20.2 Å². The first kappa shape index (κ1) is 23.0. The highest BCUT2D eigenvalue weighted by atomic mass is 16.5. The molecule has 9 heteroatoms. The Morgan fingerprint density at radius 3 is 2.35 bits per heavy atom. The van der Waals surface area contributed by atoms with Crippen LogP contribution in [0.1, 0.15) is 29.9 Å². The van der Waals surface area contributed by atoms with Crippen LogP contribution in [0.3, 0.4) is 0 Å². The highest BCUT2D eigenvalue weighted by molar-refractivity contribution is 5.86. The minimum atomic E-state index is -1.05. The zero-order valence-corrected chi connectivity index (χ0v) is 18.5. The van der Waals surface area contributed by atoms with Crippen molar-refractivity contribution in [2.45, 2.75) is 31.3 Å². The van der Waals surface area contributed by atoms with E-state index in [-0.39, 0.29) is 25.4 Å². The molecule has 2 aromatic carbocycles. The lowest BCUT2D eigenvalue weighted by molar-refractivity contribution is -0.137. The van der Waals surface area contributed by atoms with Crippen molar-refractivity contribution in [3.63, 3.8) is 0 Å². The van der Waals surface area contributed by atoms with E-state index in [9.17, 15) is 14.4 Å². The Kier molecular flexibility index (Phi) is 7.22. The van der Waals surface area contributed by atoms with E-state index in [1.165, 1.54) is 0 Å². The standard InChI is InChI=1S/C25H26N4O5/c30-23(31)10-9-22(24(32)27-12-14-29-13-11-26-16-29)28-25(33)34-15-21-19-7-3-1-5-17(19)18-6-2-4-8-20(18)21/h1-8,11,13,16,21-22H,9-10,12,14-15H2,(H,27,32)(H,28,33)(H,30,31). The van der Waals surface area contributed by atoms with Gasteiger partial charge in [-0.3, -0.25) is 9.59 Å². The fourth-order valence-electron chi connectivity index (χ4n) is 4.17. The molecule has 3 N–H and O–H groups in total. The highest BCUT2D eigenvalue weighted by Crippen LogP contribution is 2.44. The van der Waals surface area contributed by atoms with Crippen LogP contribution in [-0.2, 0) is 20.9 Å². The van der Waals surface area contributed by atoms with E-state index in [1.54, 1.807) is 23.3 Å². The number of fused-ring (bicyclic) bond motifs is 3. The summed E-state index contributed by atoms with van der Waals surface area (Å²) in [4.78, 5) is 40.1. The smallest absolute Gasteiger partial charge is 0.407 e. The molecule has 34 heavy (non-hydrogen) atoms. The van der Waals surface area contributed by atoms with Gasteiger partial charge in [-0.25, -0.2) is 9.78 Å². The Morgan fingerprint density at radius 2 is 1.74 bits per heavy atom. The zero-order valence-electron chi connectivity index (χ0n) is 18.5. The maximum Gasteiger partial charge on any atom is 0.407 e. The number of nitrogens with zero attached hydrogens (tertiary/aromatic N) is 2. The van der Waals surface area contributed by atoms with Gasteiger partial charge in [-0.2, -0.15) is 0 Å². The van der Waals surface area contributed by atoms with Crippen LogP contribution < -0.4 is 10.6 Å². The first-order valence-electron chi connectivity index (χ1n) is 11.1. The highest BCUT2D eigenvalue weighted by Gasteiger charge is 2.29. The first-order valence-corrected chi connectivity index (χ1v) is 11.1. The average Bonchev–Trinajstić information content (AvgIpc) is 3.46. The number of carbonyl (C=O) groups excluding carboxylic acids is 2. The monoisotopic (exact) mass is 462 g/mol. The molecule has 3 aromatic rings. The number of amides is 2. The number of carboxylic acids is 1. The van der Waals surface area contributed by atoms with E-state index in [1.807, 2.05) is 48.5 Å². The number of imidazole rings is 1. The Labute approximate surface area is 196 Å². The predicted octanol–water partition coefficient (Wildman–Crippen LogP) is 2.77. The van der Waals surface area contributed by atoms with Crippen molar-refractivity contribution in [1.29, 1.82) is 0 Å². The number of hydrogen-bond acceptors (Lipinski definition) is 5. The lowest BCUT2D eigenvalue weighted by Crippen LogP contribution is -2.47.